The van der Waals surface area contributed by atoms with E-state index in [0.29, 0.717) is 31.8 Å². The van der Waals surface area contributed by atoms with Gasteiger partial charge in [0.25, 0.3) is 5.91 Å². The maximum atomic E-state index is 12.7. The van der Waals surface area contributed by atoms with Crippen molar-refractivity contribution in [1.82, 2.24) is 19.7 Å². The van der Waals surface area contributed by atoms with Crippen molar-refractivity contribution < 1.29 is 18.0 Å². The highest BCUT2D eigenvalue weighted by Crippen LogP contribution is 2.30. The Labute approximate surface area is 170 Å². The molecule has 156 valence electrons. The molecule has 30 heavy (non-hydrogen) atoms. The third kappa shape index (κ3) is 3.87. The molecule has 1 aliphatic rings. The molecule has 1 aromatic heterocycles. The summed E-state index contributed by atoms with van der Waals surface area (Å²) in [6, 6.07) is 13.4. The number of aromatic amines is 1. The van der Waals surface area contributed by atoms with Crippen LogP contribution < -0.4 is 5.69 Å². The number of carbonyl (C=O) groups excluding carboxylic acids is 1. The summed E-state index contributed by atoms with van der Waals surface area (Å²) in [6.07, 6.45) is -3.23. The number of alkyl halides is 3. The van der Waals surface area contributed by atoms with Gasteiger partial charge in [0.2, 0.25) is 0 Å². The number of H-pyrrole nitrogens is 1. The lowest BCUT2D eigenvalue weighted by atomic mass is 9.95. The van der Waals surface area contributed by atoms with Crippen LogP contribution in [0.1, 0.15) is 40.5 Å². The molecule has 1 fully saturated rings. The minimum Gasteiger partial charge on any atom is -0.339 e. The smallest absolute Gasteiger partial charge is 0.339 e. The molecule has 0 atom stereocenters. The molecule has 1 saturated heterocycles. The van der Waals surface area contributed by atoms with Crippen LogP contribution in [0, 0.1) is 0 Å². The first kappa shape index (κ1) is 19.9. The number of carbonyl (C=O) groups is 1. The van der Waals surface area contributed by atoms with Gasteiger partial charge in [-0.3, -0.25) is 4.79 Å². The number of nitrogens with one attached hydrogen (secondary N) is 1. The minimum absolute atomic E-state index is 0.0131. The second-order valence-corrected chi connectivity index (χ2v) is 7.20. The topological polar surface area (TPSA) is 71.0 Å². The molecule has 2 aromatic carbocycles. The lowest BCUT2D eigenvalue weighted by molar-refractivity contribution is -0.137. The van der Waals surface area contributed by atoms with E-state index in [-0.39, 0.29) is 23.1 Å². The molecule has 2 heterocycles. The van der Waals surface area contributed by atoms with Gasteiger partial charge in [-0.2, -0.15) is 18.3 Å². The van der Waals surface area contributed by atoms with Gasteiger partial charge < -0.3 is 4.90 Å². The minimum atomic E-state index is -4.43. The van der Waals surface area contributed by atoms with E-state index in [9.17, 15) is 22.8 Å². The van der Waals surface area contributed by atoms with Gasteiger partial charge in [0.05, 0.1) is 11.3 Å². The number of benzene rings is 2. The molecule has 0 aliphatic carbocycles. The first-order chi connectivity index (χ1) is 14.3. The van der Waals surface area contributed by atoms with Crippen molar-refractivity contribution in [3.63, 3.8) is 0 Å². The highest BCUT2D eigenvalue weighted by Gasteiger charge is 2.31. The van der Waals surface area contributed by atoms with Gasteiger partial charge in [-0.25, -0.2) is 14.5 Å². The number of hydrogen-bond acceptors (Lipinski definition) is 3. The molecule has 1 amide bonds. The average molecular weight is 416 g/mol. The van der Waals surface area contributed by atoms with Crippen LogP contribution in [0.2, 0.25) is 0 Å². The summed E-state index contributed by atoms with van der Waals surface area (Å²) in [6.45, 7) is 0.862. The van der Waals surface area contributed by atoms with Crippen molar-refractivity contribution in [2.45, 2.75) is 24.9 Å². The molecule has 1 N–H and O–H groups in total. The van der Waals surface area contributed by atoms with E-state index < -0.39 is 11.7 Å². The van der Waals surface area contributed by atoms with Crippen LogP contribution in [0.3, 0.4) is 0 Å². The van der Waals surface area contributed by atoms with E-state index in [1.807, 2.05) is 30.3 Å². The van der Waals surface area contributed by atoms with Crippen LogP contribution >= 0.6 is 0 Å². The van der Waals surface area contributed by atoms with Gasteiger partial charge in [0.1, 0.15) is 5.82 Å². The van der Waals surface area contributed by atoms with Crippen LogP contribution in [-0.2, 0) is 6.18 Å². The van der Waals surface area contributed by atoms with E-state index in [2.05, 4.69) is 10.2 Å². The Morgan fingerprint density at radius 3 is 2.23 bits per heavy atom. The summed E-state index contributed by atoms with van der Waals surface area (Å²) >= 11 is 0. The van der Waals surface area contributed by atoms with Crippen LogP contribution in [-0.4, -0.2) is 38.7 Å². The number of halogens is 3. The van der Waals surface area contributed by atoms with Gasteiger partial charge in [0.15, 0.2) is 0 Å². The lowest BCUT2D eigenvalue weighted by Crippen LogP contribution is -2.38. The Morgan fingerprint density at radius 2 is 1.63 bits per heavy atom. The van der Waals surface area contributed by atoms with Crippen LogP contribution in [0.4, 0.5) is 13.2 Å². The molecule has 3 aromatic rings. The molecular formula is C21H19F3N4O2. The van der Waals surface area contributed by atoms with Crippen LogP contribution in [0.25, 0.3) is 5.69 Å². The molecule has 4 rings (SSSR count). The summed E-state index contributed by atoms with van der Waals surface area (Å²) < 4.78 is 39.7. The summed E-state index contributed by atoms with van der Waals surface area (Å²) in [5.41, 5.74) is -0.161. The predicted octanol–water partition coefficient (Wildman–Crippen LogP) is 3.60. The summed E-state index contributed by atoms with van der Waals surface area (Å²) in [5.74, 6) is 0.304. The zero-order valence-corrected chi connectivity index (χ0v) is 15.9. The van der Waals surface area contributed by atoms with Crippen LogP contribution in [0.5, 0.6) is 0 Å². The Morgan fingerprint density at radius 1 is 1.00 bits per heavy atom. The van der Waals surface area contributed by atoms with E-state index in [4.69, 9.17) is 0 Å². The van der Waals surface area contributed by atoms with Crippen molar-refractivity contribution in [3.05, 3.63) is 82.0 Å². The molecule has 6 nitrogen and oxygen atoms in total. The molecule has 0 unspecified atom stereocenters. The number of aromatic nitrogens is 3. The monoisotopic (exact) mass is 416 g/mol. The fourth-order valence-electron chi connectivity index (χ4n) is 3.73. The van der Waals surface area contributed by atoms with Crippen molar-refractivity contribution in [2.24, 2.45) is 0 Å². The standard InChI is InChI=1S/C21H19F3N4O2/c22-21(23,24)16-8-6-15(7-9-16)19(29)27-12-10-14(11-13-27)18-25-26-20(30)28(18)17-4-2-1-3-5-17/h1-9,14H,10-13H2,(H,26,30). The van der Waals surface area contributed by atoms with E-state index >= 15 is 0 Å². The number of amides is 1. The number of piperidine rings is 1. The first-order valence-corrected chi connectivity index (χ1v) is 9.54. The van der Waals surface area contributed by atoms with Gasteiger partial charge in [-0.1, -0.05) is 18.2 Å². The molecule has 0 radical (unpaired) electrons. The number of likely N-dealkylation sites (tertiary alicyclic amines) is 1. The molecule has 9 heteroatoms. The zero-order chi connectivity index (χ0) is 21.3. The molecule has 0 spiro atoms. The molecule has 0 saturated carbocycles. The van der Waals surface area contributed by atoms with Crippen molar-refractivity contribution in [1.29, 1.82) is 0 Å². The summed E-state index contributed by atoms with van der Waals surface area (Å²) in [4.78, 5) is 26.5. The SMILES string of the molecule is O=C(c1ccc(C(F)(F)F)cc1)N1CCC(c2n[nH]c(=O)n2-c2ccccc2)CC1. The molecule has 0 bridgehead atoms. The Balaban J connectivity index is 1.46. The van der Waals surface area contributed by atoms with Gasteiger partial charge in [0, 0.05) is 24.6 Å². The maximum absolute atomic E-state index is 12.7. The van der Waals surface area contributed by atoms with E-state index in [0.717, 1.165) is 17.8 Å². The largest absolute Gasteiger partial charge is 0.416 e. The fourth-order valence-corrected chi connectivity index (χ4v) is 3.73. The first-order valence-electron chi connectivity index (χ1n) is 9.54. The van der Waals surface area contributed by atoms with Crippen LogP contribution in [0.15, 0.2) is 59.4 Å². The van der Waals surface area contributed by atoms with Gasteiger partial charge in [-0.05, 0) is 49.2 Å². The molecular weight excluding hydrogens is 397 g/mol. The number of para-hydroxylation sites is 1. The molecule has 1 aliphatic heterocycles. The summed E-state index contributed by atoms with van der Waals surface area (Å²) in [5, 5.41) is 6.69. The highest BCUT2D eigenvalue weighted by atomic mass is 19.4. The highest BCUT2D eigenvalue weighted by molar-refractivity contribution is 5.94. The number of rotatable bonds is 3. The quantitative estimate of drug-likeness (QED) is 0.709. The lowest BCUT2D eigenvalue weighted by Gasteiger charge is -2.31. The van der Waals surface area contributed by atoms with E-state index in [1.165, 1.54) is 16.7 Å². The third-order valence-electron chi connectivity index (χ3n) is 5.32. The zero-order valence-electron chi connectivity index (χ0n) is 15.9. The average Bonchev–Trinajstić information content (AvgIpc) is 3.15. The summed E-state index contributed by atoms with van der Waals surface area (Å²) in [7, 11) is 0. The predicted molar refractivity (Wildman–Crippen MR) is 104 cm³/mol. The fraction of sp³-hybridized carbons (Fsp3) is 0.286. The normalized spacial score (nSPS) is 15.4. The van der Waals surface area contributed by atoms with Crippen molar-refractivity contribution in [2.75, 3.05) is 13.1 Å². The third-order valence-corrected chi connectivity index (χ3v) is 5.32. The second kappa shape index (κ2) is 7.81. The van der Waals surface area contributed by atoms with Gasteiger partial charge >= 0.3 is 11.9 Å². The number of hydrogen-bond donors (Lipinski definition) is 1. The maximum Gasteiger partial charge on any atom is 0.416 e. The Bertz CT molecular complexity index is 1080. The number of nitrogens with zero attached hydrogens (tertiary/aromatic N) is 3. The van der Waals surface area contributed by atoms with Crippen molar-refractivity contribution in [3.8, 4) is 5.69 Å². The second-order valence-electron chi connectivity index (χ2n) is 7.20. The van der Waals surface area contributed by atoms with E-state index in [1.54, 1.807) is 4.90 Å². The Hall–Kier alpha value is -3.36. The van der Waals surface area contributed by atoms with Gasteiger partial charge in [-0.15, -0.1) is 0 Å². The Kier molecular flexibility index (Phi) is 5.19. The van der Waals surface area contributed by atoms with Crippen molar-refractivity contribution >= 4 is 5.91 Å².